The summed E-state index contributed by atoms with van der Waals surface area (Å²) in [6.07, 6.45) is 4.32. The molecule has 3 N–H and O–H groups in total. The standard InChI is InChI=1S/C21H19FN4O3S/c1-12-6-7-14(30(2,28)29)8-16(12)18-9-24-21-20(23)25-17(10-26(18)21)15-5-3-4-13(11-27)19(15)22/h3-10,27H,11H2,1-2H3,(H2,23,25). The summed E-state index contributed by atoms with van der Waals surface area (Å²) >= 11 is 0. The van der Waals surface area contributed by atoms with Crippen LogP contribution in [0.1, 0.15) is 11.1 Å². The Balaban J connectivity index is 1.98. The highest BCUT2D eigenvalue weighted by molar-refractivity contribution is 7.90. The fraction of sp³-hybridized carbons (Fsp3) is 0.143. The Morgan fingerprint density at radius 3 is 2.67 bits per heavy atom. The molecule has 0 unspecified atom stereocenters. The van der Waals surface area contributed by atoms with Crippen molar-refractivity contribution in [3.8, 4) is 22.5 Å². The van der Waals surface area contributed by atoms with Gasteiger partial charge in [-0.3, -0.25) is 4.40 Å². The SMILES string of the molecule is Cc1ccc(S(C)(=O)=O)cc1-c1cnc2c(N)nc(-c3cccc(CO)c3F)cn12. The van der Waals surface area contributed by atoms with Crippen LogP contribution in [0.3, 0.4) is 0 Å². The molecule has 0 aliphatic heterocycles. The molecule has 7 nitrogen and oxygen atoms in total. The van der Waals surface area contributed by atoms with Gasteiger partial charge < -0.3 is 10.8 Å². The van der Waals surface area contributed by atoms with Crippen molar-refractivity contribution in [3.63, 3.8) is 0 Å². The van der Waals surface area contributed by atoms with E-state index in [1.54, 1.807) is 47.1 Å². The lowest BCUT2D eigenvalue weighted by Gasteiger charge is -2.11. The number of hydrogen-bond acceptors (Lipinski definition) is 6. The number of aromatic nitrogens is 3. The lowest BCUT2D eigenvalue weighted by atomic mass is 10.1. The van der Waals surface area contributed by atoms with Gasteiger partial charge in [0.25, 0.3) is 0 Å². The van der Waals surface area contributed by atoms with Crippen LogP contribution in [0.2, 0.25) is 0 Å². The van der Waals surface area contributed by atoms with E-state index in [1.165, 1.54) is 6.07 Å². The Bertz CT molecular complexity index is 1400. The van der Waals surface area contributed by atoms with Gasteiger partial charge in [0.1, 0.15) is 5.82 Å². The molecule has 0 radical (unpaired) electrons. The molecule has 0 aliphatic rings. The highest BCUT2D eigenvalue weighted by Gasteiger charge is 2.18. The lowest BCUT2D eigenvalue weighted by molar-refractivity contribution is 0.276. The molecule has 30 heavy (non-hydrogen) atoms. The minimum Gasteiger partial charge on any atom is -0.392 e. The van der Waals surface area contributed by atoms with Gasteiger partial charge in [0.05, 0.1) is 29.1 Å². The molecule has 0 amide bonds. The van der Waals surface area contributed by atoms with E-state index in [0.29, 0.717) is 16.9 Å². The minimum absolute atomic E-state index is 0.101. The first-order valence-electron chi connectivity index (χ1n) is 9.04. The summed E-state index contributed by atoms with van der Waals surface area (Å²) < 4.78 is 40.4. The first-order valence-corrected chi connectivity index (χ1v) is 10.9. The van der Waals surface area contributed by atoms with Crippen LogP contribution in [0, 0.1) is 12.7 Å². The molecule has 4 aromatic rings. The highest BCUT2D eigenvalue weighted by atomic mass is 32.2. The second kappa shape index (κ2) is 7.19. The summed E-state index contributed by atoms with van der Waals surface area (Å²) in [7, 11) is -3.40. The quantitative estimate of drug-likeness (QED) is 0.519. The van der Waals surface area contributed by atoms with Crippen LogP contribution >= 0.6 is 0 Å². The lowest BCUT2D eigenvalue weighted by Crippen LogP contribution is -2.03. The zero-order chi connectivity index (χ0) is 21.6. The monoisotopic (exact) mass is 426 g/mol. The Hall–Kier alpha value is -3.30. The smallest absolute Gasteiger partial charge is 0.180 e. The van der Waals surface area contributed by atoms with Gasteiger partial charge in [0, 0.05) is 29.1 Å². The third-order valence-corrected chi connectivity index (χ3v) is 6.07. The Morgan fingerprint density at radius 1 is 1.20 bits per heavy atom. The van der Waals surface area contributed by atoms with Gasteiger partial charge >= 0.3 is 0 Å². The molecule has 0 aliphatic carbocycles. The third kappa shape index (κ3) is 3.31. The second-order valence-electron chi connectivity index (χ2n) is 7.03. The number of anilines is 1. The largest absolute Gasteiger partial charge is 0.392 e. The molecular weight excluding hydrogens is 407 g/mol. The molecule has 9 heteroatoms. The predicted molar refractivity (Wildman–Crippen MR) is 112 cm³/mol. The molecule has 2 aromatic heterocycles. The van der Waals surface area contributed by atoms with E-state index in [-0.39, 0.29) is 27.5 Å². The van der Waals surface area contributed by atoms with Crippen LogP contribution in [0.4, 0.5) is 10.2 Å². The van der Waals surface area contributed by atoms with Crippen molar-refractivity contribution in [1.29, 1.82) is 0 Å². The fourth-order valence-corrected chi connectivity index (χ4v) is 4.00. The van der Waals surface area contributed by atoms with E-state index >= 15 is 0 Å². The van der Waals surface area contributed by atoms with Gasteiger partial charge in [-0.15, -0.1) is 0 Å². The Morgan fingerprint density at radius 2 is 1.97 bits per heavy atom. The van der Waals surface area contributed by atoms with E-state index in [2.05, 4.69) is 9.97 Å². The summed E-state index contributed by atoms with van der Waals surface area (Å²) in [4.78, 5) is 8.76. The number of sulfone groups is 1. The molecule has 2 heterocycles. The van der Waals surface area contributed by atoms with Crippen LogP contribution in [-0.2, 0) is 16.4 Å². The Labute approximate surface area is 172 Å². The number of aryl methyl sites for hydroxylation is 1. The molecule has 154 valence electrons. The molecule has 0 saturated heterocycles. The number of nitrogens with two attached hydrogens (primary N) is 1. The van der Waals surface area contributed by atoms with Crippen molar-refractivity contribution in [2.24, 2.45) is 0 Å². The van der Waals surface area contributed by atoms with E-state index in [0.717, 1.165) is 11.8 Å². The van der Waals surface area contributed by atoms with E-state index < -0.39 is 22.3 Å². The topological polar surface area (TPSA) is 111 Å². The molecule has 0 fully saturated rings. The summed E-state index contributed by atoms with van der Waals surface area (Å²) in [6.45, 7) is 1.42. The average molecular weight is 426 g/mol. The van der Waals surface area contributed by atoms with Crippen molar-refractivity contribution < 1.29 is 17.9 Å². The molecule has 0 saturated carbocycles. The van der Waals surface area contributed by atoms with Gasteiger partial charge in [-0.05, 0) is 30.7 Å². The molecular formula is C21H19FN4O3S. The van der Waals surface area contributed by atoms with Gasteiger partial charge in [0.15, 0.2) is 21.3 Å². The zero-order valence-corrected chi connectivity index (χ0v) is 17.1. The number of aliphatic hydroxyl groups is 1. The number of nitrogens with zero attached hydrogens (tertiary/aromatic N) is 3. The number of imidazole rings is 1. The first kappa shape index (κ1) is 20.0. The van der Waals surface area contributed by atoms with Crippen molar-refractivity contribution in [3.05, 3.63) is 65.7 Å². The van der Waals surface area contributed by atoms with Crippen LogP contribution in [0.5, 0.6) is 0 Å². The number of benzene rings is 2. The Kier molecular flexibility index (Phi) is 4.79. The summed E-state index contributed by atoms with van der Waals surface area (Å²) in [5.74, 6) is -0.479. The minimum atomic E-state index is -3.40. The maximum Gasteiger partial charge on any atom is 0.180 e. The van der Waals surface area contributed by atoms with E-state index in [4.69, 9.17) is 5.73 Å². The summed E-state index contributed by atoms with van der Waals surface area (Å²) in [5, 5.41) is 9.35. The summed E-state index contributed by atoms with van der Waals surface area (Å²) in [6, 6.07) is 9.52. The average Bonchev–Trinajstić information content (AvgIpc) is 3.12. The second-order valence-corrected chi connectivity index (χ2v) is 9.05. The zero-order valence-electron chi connectivity index (χ0n) is 16.3. The number of halogens is 1. The van der Waals surface area contributed by atoms with Gasteiger partial charge in [0.2, 0.25) is 0 Å². The normalized spacial score (nSPS) is 11.9. The van der Waals surface area contributed by atoms with E-state index in [9.17, 15) is 17.9 Å². The van der Waals surface area contributed by atoms with Crippen molar-refractivity contribution in [2.75, 3.05) is 12.0 Å². The third-order valence-electron chi connectivity index (χ3n) is 4.96. The van der Waals surface area contributed by atoms with Crippen molar-refractivity contribution >= 4 is 21.3 Å². The molecule has 0 spiro atoms. The first-order chi connectivity index (χ1) is 14.2. The molecule has 0 bridgehead atoms. The molecule has 2 aromatic carbocycles. The molecule has 4 rings (SSSR count). The van der Waals surface area contributed by atoms with Crippen LogP contribution in [0.15, 0.2) is 53.7 Å². The van der Waals surface area contributed by atoms with Gasteiger partial charge in [-0.1, -0.05) is 18.2 Å². The maximum absolute atomic E-state index is 14.8. The maximum atomic E-state index is 14.8. The van der Waals surface area contributed by atoms with Gasteiger partial charge in [-0.25, -0.2) is 22.8 Å². The van der Waals surface area contributed by atoms with Crippen molar-refractivity contribution in [1.82, 2.24) is 14.4 Å². The van der Waals surface area contributed by atoms with Crippen LogP contribution < -0.4 is 5.73 Å². The fourth-order valence-electron chi connectivity index (χ4n) is 3.35. The number of nitrogen functional groups attached to an aromatic ring is 1. The van der Waals surface area contributed by atoms with E-state index in [1.807, 2.05) is 6.92 Å². The van der Waals surface area contributed by atoms with Crippen LogP contribution in [0.25, 0.3) is 28.2 Å². The molecule has 0 atom stereocenters. The van der Waals surface area contributed by atoms with Crippen molar-refractivity contribution in [2.45, 2.75) is 18.4 Å². The predicted octanol–water partition coefficient (Wildman–Crippen LogP) is 2.99. The summed E-state index contributed by atoms with van der Waals surface area (Å²) in [5.41, 5.74) is 9.16. The van der Waals surface area contributed by atoms with Gasteiger partial charge in [-0.2, -0.15) is 0 Å². The number of hydrogen-bond donors (Lipinski definition) is 2. The highest BCUT2D eigenvalue weighted by Crippen LogP contribution is 2.31. The number of aliphatic hydroxyl groups excluding tert-OH is 1. The number of rotatable bonds is 4. The number of fused-ring (bicyclic) bond motifs is 1. The van der Waals surface area contributed by atoms with Crippen LogP contribution in [-0.4, -0.2) is 34.1 Å².